The standard InChI is InChI=1S/C21H25FN2O5/c1-27-19-6-3-14(11-20(19)28-2)17(24-7-9-29-10-8-24)13-23-21(26)16-12-15(22)4-5-18(16)25/h3-6,11-12,17,25H,7-10,13H2,1-2H3,(H,23,26)/t17-/m1/s1. The quantitative estimate of drug-likeness (QED) is 0.738. The summed E-state index contributed by atoms with van der Waals surface area (Å²) in [7, 11) is 3.14. The molecule has 2 N–H and O–H groups in total. The molecule has 29 heavy (non-hydrogen) atoms. The number of nitrogens with one attached hydrogen (secondary N) is 1. The second-order valence-electron chi connectivity index (χ2n) is 6.65. The zero-order valence-corrected chi connectivity index (χ0v) is 16.5. The summed E-state index contributed by atoms with van der Waals surface area (Å²) in [6.45, 7) is 2.88. The summed E-state index contributed by atoms with van der Waals surface area (Å²) >= 11 is 0. The van der Waals surface area contributed by atoms with E-state index in [1.54, 1.807) is 14.2 Å². The largest absolute Gasteiger partial charge is 0.507 e. The lowest BCUT2D eigenvalue weighted by Gasteiger charge is -2.35. The minimum Gasteiger partial charge on any atom is -0.507 e. The van der Waals surface area contributed by atoms with E-state index in [2.05, 4.69) is 10.2 Å². The summed E-state index contributed by atoms with van der Waals surface area (Å²) < 4.78 is 29.6. The number of nitrogens with zero attached hydrogens (tertiary/aromatic N) is 1. The van der Waals surface area contributed by atoms with Gasteiger partial charge in [0.2, 0.25) is 0 Å². The maximum Gasteiger partial charge on any atom is 0.255 e. The molecule has 8 heteroatoms. The van der Waals surface area contributed by atoms with Crippen molar-refractivity contribution < 1.29 is 28.5 Å². The number of carbonyl (C=O) groups excluding carboxylic acids is 1. The Bertz CT molecular complexity index is 855. The van der Waals surface area contributed by atoms with Crippen molar-refractivity contribution in [2.75, 3.05) is 47.1 Å². The van der Waals surface area contributed by atoms with E-state index < -0.39 is 11.7 Å². The Kier molecular flexibility index (Phi) is 6.90. The topological polar surface area (TPSA) is 80.3 Å². The number of morpholine rings is 1. The van der Waals surface area contributed by atoms with Gasteiger partial charge in [-0.3, -0.25) is 9.69 Å². The molecule has 1 amide bonds. The summed E-state index contributed by atoms with van der Waals surface area (Å²) in [5.74, 6) is -0.181. The maximum absolute atomic E-state index is 13.5. The Balaban J connectivity index is 1.82. The lowest BCUT2D eigenvalue weighted by atomic mass is 10.0. The predicted molar refractivity (Wildman–Crippen MR) is 105 cm³/mol. The smallest absolute Gasteiger partial charge is 0.255 e. The molecular formula is C21H25FN2O5. The van der Waals surface area contributed by atoms with Crippen LogP contribution in [0, 0.1) is 5.82 Å². The number of ether oxygens (including phenoxy) is 3. The molecule has 1 fully saturated rings. The van der Waals surface area contributed by atoms with Crippen LogP contribution < -0.4 is 14.8 Å². The third-order valence-electron chi connectivity index (χ3n) is 4.94. The molecule has 0 radical (unpaired) electrons. The second kappa shape index (κ2) is 9.58. The van der Waals surface area contributed by atoms with Crippen molar-refractivity contribution in [3.05, 3.63) is 53.3 Å². The van der Waals surface area contributed by atoms with Crippen LogP contribution in [0.2, 0.25) is 0 Å². The summed E-state index contributed by atoms with van der Waals surface area (Å²) in [5.41, 5.74) is 0.839. The van der Waals surface area contributed by atoms with E-state index in [0.717, 1.165) is 23.8 Å². The Morgan fingerprint density at radius 2 is 1.90 bits per heavy atom. The van der Waals surface area contributed by atoms with Gasteiger partial charge in [0.05, 0.1) is 39.0 Å². The van der Waals surface area contributed by atoms with Crippen molar-refractivity contribution in [3.8, 4) is 17.2 Å². The molecule has 0 aliphatic carbocycles. The van der Waals surface area contributed by atoms with E-state index in [1.165, 1.54) is 0 Å². The number of amides is 1. The van der Waals surface area contributed by atoms with Crippen molar-refractivity contribution >= 4 is 5.91 Å². The number of methoxy groups -OCH3 is 2. The maximum atomic E-state index is 13.5. The van der Waals surface area contributed by atoms with Gasteiger partial charge in [0.1, 0.15) is 11.6 Å². The minimum atomic E-state index is -0.586. The molecule has 0 saturated carbocycles. The van der Waals surface area contributed by atoms with Crippen LogP contribution in [0.3, 0.4) is 0 Å². The molecule has 156 valence electrons. The molecule has 1 heterocycles. The van der Waals surface area contributed by atoms with Gasteiger partial charge in [0, 0.05) is 19.6 Å². The predicted octanol–water partition coefficient (Wildman–Crippen LogP) is 2.35. The van der Waals surface area contributed by atoms with Gasteiger partial charge in [-0.05, 0) is 35.9 Å². The molecule has 0 unspecified atom stereocenters. The molecule has 3 rings (SSSR count). The van der Waals surface area contributed by atoms with Gasteiger partial charge in [-0.2, -0.15) is 0 Å². The molecule has 2 aromatic carbocycles. The van der Waals surface area contributed by atoms with Gasteiger partial charge in [0.25, 0.3) is 5.91 Å². The first-order chi connectivity index (χ1) is 14.0. The highest BCUT2D eigenvalue weighted by atomic mass is 19.1. The molecule has 0 spiro atoms. The fraction of sp³-hybridized carbons (Fsp3) is 0.381. The van der Waals surface area contributed by atoms with E-state index in [4.69, 9.17) is 14.2 Å². The van der Waals surface area contributed by atoms with Crippen LogP contribution in [0.5, 0.6) is 17.2 Å². The zero-order chi connectivity index (χ0) is 20.8. The first kappa shape index (κ1) is 20.9. The van der Waals surface area contributed by atoms with Gasteiger partial charge in [-0.15, -0.1) is 0 Å². The highest BCUT2D eigenvalue weighted by molar-refractivity contribution is 5.96. The van der Waals surface area contributed by atoms with Crippen molar-refractivity contribution in [3.63, 3.8) is 0 Å². The number of halogens is 1. The van der Waals surface area contributed by atoms with Crippen molar-refractivity contribution in [2.45, 2.75) is 6.04 Å². The summed E-state index contributed by atoms with van der Waals surface area (Å²) in [5, 5.41) is 12.7. The lowest BCUT2D eigenvalue weighted by Crippen LogP contribution is -2.43. The van der Waals surface area contributed by atoms with Gasteiger partial charge in [0.15, 0.2) is 11.5 Å². The monoisotopic (exact) mass is 404 g/mol. The first-order valence-electron chi connectivity index (χ1n) is 9.34. The van der Waals surface area contributed by atoms with Gasteiger partial charge < -0.3 is 24.6 Å². The molecular weight excluding hydrogens is 379 g/mol. The molecule has 0 aromatic heterocycles. The number of hydrogen-bond donors (Lipinski definition) is 2. The van der Waals surface area contributed by atoms with Crippen LogP contribution in [0.4, 0.5) is 4.39 Å². The Morgan fingerprint density at radius 1 is 1.17 bits per heavy atom. The third kappa shape index (κ3) is 4.96. The van der Waals surface area contributed by atoms with Crippen molar-refractivity contribution in [1.82, 2.24) is 10.2 Å². The fourth-order valence-corrected chi connectivity index (χ4v) is 3.38. The van der Waals surface area contributed by atoms with E-state index >= 15 is 0 Å². The normalized spacial score (nSPS) is 15.6. The first-order valence-corrected chi connectivity index (χ1v) is 9.34. The highest BCUT2D eigenvalue weighted by Gasteiger charge is 2.25. The van der Waals surface area contributed by atoms with Crippen molar-refractivity contribution in [1.29, 1.82) is 0 Å². The van der Waals surface area contributed by atoms with E-state index in [1.807, 2.05) is 18.2 Å². The number of aromatic hydroxyl groups is 1. The van der Waals surface area contributed by atoms with Gasteiger partial charge in [-0.25, -0.2) is 4.39 Å². The Hall–Kier alpha value is -2.84. The van der Waals surface area contributed by atoms with Crippen LogP contribution >= 0.6 is 0 Å². The van der Waals surface area contributed by atoms with Crippen LogP contribution in [0.15, 0.2) is 36.4 Å². The third-order valence-corrected chi connectivity index (χ3v) is 4.94. The van der Waals surface area contributed by atoms with E-state index in [-0.39, 0.29) is 23.9 Å². The Morgan fingerprint density at radius 3 is 2.59 bits per heavy atom. The number of benzene rings is 2. The number of phenolic OH excluding ortho intramolecular Hbond substituents is 1. The molecule has 1 aliphatic heterocycles. The number of rotatable bonds is 7. The second-order valence-corrected chi connectivity index (χ2v) is 6.65. The number of hydrogen-bond acceptors (Lipinski definition) is 6. The summed E-state index contributed by atoms with van der Waals surface area (Å²) in [6.07, 6.45) is 0. The van der Waals surface area contributed by atoms with Crippen LogP contribution in [0.1, 0.15) is 22.0 Å². The number of carbonyl (C=O) groups is 1. The molecule has 2 aromatic rings. The van der Waals surface area contributed by atoms with Crippen LogP contribution in [-0.2, 0) is 4.74 Å². The van der Waals surface area contributed by atoms with Crippen LogP contribution in [-0.4, -0.2) is 63.0 Å². The highest BCUT2D eigenvalue weighted by Crippen LogP contribution is 2.32. The summed E-state index contributed by atoms with van der Waals surface area (Å²) in [4.78, 5) is 14.7. The van der Waals surface area contributed by atoms with Crippen LogP contribution in [0.25, 0.3) is 0 Å². The molecule has 1 saturated heterocycles. The number of phenols is 1. The molecule has 7 nitrogen and oxygen atoms in total. The lowest BCUT2D eigenvalue weighted by molar-refractivity contribution is 0.0162. The van der Waals surface area contributed by atoms with Crippen molar-refractivity contribution in [2.24, 2.45) is 0 Å². The minimum absolute atomic E-state index is 0.0990. The fourth-order valence-electron chi connectivity index (χ4n) is 3.38. The van der Waals surface area contributed by atoms with Gasteiger partial charge >= 0.3 is 0 Å². The summed E-state index contributed by atoms with van der Waals surface area (Å²) in [6, 6.07) is 8.76. The average Bonchev–Trinajstić information content (AvgIpc) is 2.76. The SMILES string of the molecule is COc1ccc([C@@H](CNC(=O)c2cc(F)ccc2O)N2CCOCC2)cc1OC. The molecule has 1 atom stereocenters. The zero-order valence-electron chi connectivity index (χ0n) is 16.5. The molecule has 1 aliphatic rings. The Labute approximate surface area is 169 Å². The molecule has 0 bridgehead atoms. The van der Waals surface area contributed by atoms with E-state index in [9.17, 15) is 14.3 Å². The average molecular weight is 404 g/mol. The van der Waals surface area contributed by atoms with E-state index in [0.29, 0.717) is 37.8 Å². The van der Waals surface area contributed by atoms with Gasteiger partial charge in [-0.1, -0.05) is 6.07 Å².